The lowest BCUT2D eigenvalue weighted by Crippen LogP contribution is -2.44. The summed E-state index contributed by atoms with van der Waals surface area (Å²) >= 11 is 1.39. The van der Waals surface area contributed by atoms with Crippen LogP contribution in [0.5, 0.6) is 0 Å². The number of nitrogens with zero attached hydrogens (tertiary/aromatic N) is 3. The van der Waals surface area contributed by atoms with Crippen LogP contribution in [0.3, 0.4) is 0 Å². The van der Waals surface area contributed by atoms with E-state index in [1.54, 1.807) is 17.3 Å². The Balaban J connectivity index is 1.40. The number of piperidine rings is 1. The quantitative estimate of drug-likeness (QED) is 0.537. The number of aromatic nitrogens is 3. The number of rotatable bonds is 4. The average Bonchev–Trinajstić information content (AvgIpc) is 3.46. The van der Waals surface area contributed by atoms with E-state index in [9.17, 15) is 14.7 Å². The Morgan fingerprint density at radius 2 is 1.85 bits per heavy atom. The standard InChI is InChI=1S/C25H30N4O3S/c1-24(6-4-3-5-7-24)21(30)17-13-26-22-20(17)28-18(14-27-22)16-12-19(33-15-16)23(31)29-10-8-25(2,32)9-11-29/h12-15,32H,3-11H2,1-2H3,(H,26,27). The minimum Gasteiger partial charge on any atom is -0.390 e. The second-order valence-electron chi connectivity index (χ2n) is 10.1. The van der Waals surface area contributed by atoms with Gasteiger partial charge in [-0.2, -0.15) is 0 Å². The lowest BCUT2D eigenvalue weighted by molar-refractivity contribution is -0.00189. The molecule has 3 aromatic heterocycles. The van der Waals surface area contributed by atoms with E-state index in [-0.39, 0.29) is 17.1 Å². The Hall–Kier alpha value is -2.58. The van der Waals surface area contributed by atoms with Gasteiger partial charge >= 0.3 is 0 Å². The van der Waals surface area contributed by atoms with Gasteiger partial charge in [-0.05, 0) is 38.7 Å². The van der Waals surface area contributed by atoms with Gasteiger partial charge in [0.2, 0.25) is 0 Å². The normalized spacial score (nSPS) is 20.2. The Bertz CT molecular complexity index is 1200. The third-order valence-electron chi connectivity index (χ3n) is 7.36. The molecule has 1 saturated heterocycles. The highest BCUT2D eigenvalue weighted by Gasteiger charge is 2.36. The summed E-state index contributed by atoms with van der Waals surface area (Å²) in [5.41, 5.74) is 2.26. The van der Waals surface area contributed by atoms with Crippen molar-refractivity contribution in [2.24, 2.45) is 5.41 Å². The largest absolute Gasteiger partial charge is 0.390 e. The number of amides is 1. The number of thiophene rings is 1. The van der Waals surface area contributed by atoms with Crippen molar-refractivity contribution in [3.8, 4) is 11.3 Å². The van der Waals surface area contributed by atoms with Gasteiger partial charge in [-0.15, -0.1) is 11.3 Å². The summed E-state index contributed by atoms with van der Waals surface area (Å²) in [7, 11) is 0. The number of aliphatic hydroxyl groups is 1. The number of carbonyl (C=O) groups excluding carboxylic acids is 2. The maximum absolute atomic E-state index is 13.4. The van der Waals surface area contributed by atoms with Crippen LogP contribution < -0.4 is 0 Å². The summed E-state index contributed by atoms with van der Waals surface area (Å²) < 4.78 is 0. The molecule has 33 heavy (non-hydrogen) atoms. The first-order valence-corrected chi connectivity index (χ1v) is 12.6. The van der Waals surface area contributed by atoms with Crippen molar-refractivity contribution in [2.75, 3.05) is 13.1 Å². The van der Waals surface area contributed by atoms with Gasteiger partial charge in [0, 0.05) is 35.6 Å². The number of Topliss-reactive ketones (excluding diaryl/α,β-unsaturated/α-hetero) is 1. The molecule has 1 saturated carbocycles. The van der Waals surface area contributed by atoms with Crippen LogP contribution in [0, 0.1) is 5.41 Å². The van der Waals surface area contributed by atoms with E-state index in [0.29, 0.717) is 53.2 Å². The van der Waals surface area contributed by atoms with Gasteiger partial charge in [0.25, 0.3) is 5.91 Å². The maximum atomic E-state index is 13.4. The molecular weight excluding hydrogens is 436 g/mol. The number of nitrogens with one attached hydrogen (secondary N) is 1. The van der Waals surface area contributed by atoms with Crippen molar-refractivity contribution in [1.29, 1.82) is 0 Å². The van der Waals surface area contributed by atoms with Crippen LogP contribution in [0.25, 0.3) is 22.4 Å². The van der Waals surface area contributed by atoms with Crippen LogP contribution in [0.2, 0.25) is 0 Å². The monoisotopic (exact) mass is 466 g/mol. The molecule has 1 aliphatic carbocycles. The van der Waals surface area contributed by atoms with Crippen LogP contribution in [0.1, 0.15) is 78.8 Å². The highest BCUT2D eigenvalue weighted by atomic mass is 32.1. The van der Waals surface area contributed by atoms with E-state index in [0.717, 1.165) is 31.2 Å². The Kier molecular flexibility index (Phi) is 5.61. The zero-order valence-electron chi connectivity index (χ0n) is 19.2. The van der Waals surface area contributed by atoms with E-state index in [1.165, 1.54) is 17.8 Å². The van der Waals surface area contributed by atoms with E-state index in [4.69, 9.17) is 4.98 Å². The van der Waals surface area contributed by atoms with Gasteiger partial charge in [-0.25, -0.2) is 9.97 Å². The van der Waals surface area contributed by atoms with E-state index >= 15 is 0 Å². The van der Waals surface area contributed by atoms with Gasteiger partial charge in [0.15, 0.2) is 11.4 Å². The molecule has 4 heterocycles. The summed E-state index contributed by atoms with van der Waals surface area (Å²) in [5.74, 6) is 0.126. The predicted molar refractivity (Wildman–Crippen MR) is 128 cm³/mol. The number of ketones is 1. The molecule has 0 atom stereocenters. The number of likely N-dealkylation sites (tertiary alicyclic amines) is 1. The van der Waals surface area contributed by atoms with Crippen molar-refractivity contribution in [3.63, 3.8) is 0 Å². The summed E-state index contributed by atoms with van der Waals surface area (Å²) in [4.78, 5) is 41.2. The minimum atomic E-state index is -0.692. The number of H-pyrrole nitrogens is 1. The molecule has 5 rings (SSSR count). The van der Waals surface area contributed by atoms with Crippen LogP contribution in [-0.4, -0.2) is 55.3 Å². The number of hydrogen-bond donors (Lipinski definition) is 2. The molecule has 0 radical (unpaired) electrons. The number of fused-ring (bicyclic) bond motifs is 1. The van der Waals surface area contributed by atoms with E-state index in [2.05, 4.69) is 16.9 Å². The highest BCUT2D eigenvalue weighted by molar-refractivity contribution is 7.12. The van der Waals surface area contributed by atoms with Crippen molar-refractivity contribution in [2.45, 2.75) is 64.4 Å². The molecule has 3 aromatic rings. The number of carbonyl (C=O) groups is 2. The lowest BCUT2D eigenvalue weighted by Gasteiger charge is -2.35. The van der Waals surface area contributed by atoms with Crippen molar-refractivity contribution in [1.82, 2.24) is 19.9 Å². The highest BCUT2D eigenvalue weighted by Crippen LogP contribution is 2.40. The van der Waals surface area contributed by atoms with Gasteiger partial charge in [0.05, 0.1) is 27.9 Å². The lowest BCUT2D eigenvalue weighted by atomic mass is 9.71. The van der Waals surface area contributed by atoms with Crippen LogP contribution in [0.4, 0.5) is 0 Å². The Morgan fingerprint density at radius 3 is 2.58 bits per heavy atom. The second kappa shape index (κ2) is 8.33. The molecule has 8 heteroatoms. The Labute approximate surface area is 197 Å². The van der Waals surface area contributed by atoms with Gasteiger partial charge in [-0.1, -0.05) is 26.2 Å². The zero-order valence-corrected chi connectivity index (χ0v) is 20.0. The zero-order chi connectivity index (χ0) is 23.2. The van der Waals surface area contributed by atoms with Crippen LogP contribution >= 0.6 is 11.3 Å². The third kappa shape index (κ3) is 4.22. The first-order valence-electron chi connectivity index (χ1n) is 11.8. The van der Waals surface area contributed by atoms with Crippen molar-refractivity contribution in [3.05, 3.63) is 34.3 Å². The average molecular weight is 467 g/mol. The summed E-state index contributed by atoms with van der Waals surface area (Å²) in [6.07, 6.45) is 9.78. The number of aromatic amines is 1. The number of hydrogen-bond acceptors (Lipinski definition) is 6. The fraction of sp³-hybridized carbons (Fsp3) is 0.520. The molecule has 2 fully saturated rings. The third-order valence-corrected chi connectivity index (χ3v) is 8.28. The molecule has 2 aliphatic rings. The fourth-order valence-electron chi connectivity index (χ4n) is 5.02. The van der Waals surface area contributed by atoms with Gasteiger partial charge in [-0.3, -0.25) is 9.59 Å². The molecule has 1 aliphatic heterocycles. The molecule has 0 spiro atoms. The molecule has 0 aromatic carbocycles. The summed E-state index contributed by atoms with van der Waals surface area (Å²) in [6, 6.07) is 1.85. The smallest absolute Gasteiger partial charge is 0.263 e. The molecular formula is C25H30N4O3S. The molecule has 0 bridgehead atoms. The van der Waals surface area contributed by atoms with Crippen LogP contribution in [-0.2, 0) is 0 Å². The predicted octanol–water partition coefficient (Wildman–Crippen LogP) is 4.83. The molecule has 7 nitrogen and oxygen atoms in total. The molecule has 1 amide bonds. The van der Waals surface area contributed by atoms with E-state index in [1.807, 2.05) is 18.4 Å². The van der Waals surface area contributed by atoms with Gasteiger partial charge in [0.1, 0.15) is 5.52 Å². The van der Waals surface area contributed by atoms with Crippen molar-refractivity contribution >= 4 is 34.2 Å². The van der Waals surface area contributed by atoms with E-state index < -0.39 is 5.60 Å². The molecule has 2 N–H and O–H groups in total. The fourth-order valence-corrected chi connectivity index (χ4v) is 5.89. The van der Waals surface area contributed by atoms with Crippen molar-refractivity contribution < 1.29 is 14.7 Å². The minimum absolute atomic E-state index is 0.0153. The summed E-state index contributed by atoms with van der Waals surface area (Å²) in [5, 5.41) is 12.1. The molecule has 0 unspecified atom stereocenters. The summed E-state index contributed by atoms with van der Waals surface area (Å²) in [6.45, 7) is 5.00. The SMILES string of the molecule is CC1(O)CCN(C(=O)c2cc(-c3cnc4[nH]cc(C(=O)C5(C)CCCCC5)c4n3)cs2)CC1. The Morgan fingerprint density at radius 1 is 1.12 bits per heavy atom. The molecule has 174 valence electrons. The first-order chi connectivity index (χ1) is 15.8. The topological polar surface area (TPSA) is 99.2 Å². The maximum Gasteiger partial charge on any atom is 0.263 e. The van der Waals surface area contributed by atoms with Crippen LogP contribution in [0.15, 0.2) is 23.8 Å². The van der Waals surface area contributed by atoms with Gasteiger partial charge < -0.3 is 15.0 Å². The first kappa shape index (κ1) is 22.2. The second-order valence-corrected chi connectivity index (χ2v) is 11.0.